The van der Waals surface area contributed by atoms with Crippen LogP contribution in [0.15, 0.2) is 35.1 Å². The zero-order chi connectivity index (χ0) is 18.4. The third kappa shape index (κ3) is 2.70. The van der Waals surface area contributed by atoms with E-state index in [4.69, 9.17) is 9.72 Å². The van der Waals surface area contributed by atoms with Gasteiger partial charge >= 0.3 is 0 Å². The van der Waals surface area contributed by atoms with Crippen molar-refractivity contribution in [2.75, 3.05) is 18.1 Å². The van der Waals surface area contributed by atoms with Gasteiger partial charge in [0.05, 0.1) is 35.9 Å². The maximum atomic E-state index is 12.8. The standard InChI is InChI=1S/C20H21N5O2/c1-24-19(21-16-6-3-2-5-14(16)20(24)26)17-7-4-9-25(17)18-11-13-12-27-10-8-15(13)22-23-18/h2-3,5-6,11,17H,4,7-10,12H2,1H3. The molecule has 0 spiro atoms. The largest absolute Gasteiger partial charge is 0.376 e. The highest BCUT2D eigenvalue weighted by atomic mass is 16.5. The van der Waals surface area contributed by atoms with Gasteiger partial charge in [0, 0.05) is 25.6 Å². The molecule has 1 aromatic carbocycles. The minimum Gasteiger partial charge on any atom is -0.376 e. The third-order valence-corrected chi connectivity index (χ3v) is 5.55. The Labute approximate surface area is 156 Å². The Kier molecular flexibility index (Phi) is 3.89. The Morgan fingerprint density at radius 1 is 1.22 bits per heavy atom. The highest BCUT2D eigenvalue weighted by Gasteiger charge is 2.31. The van der Waals surface area contributed by atoms with Crippen LogP contribution in [0.3, 0.4) is 0 Å². The smallest absolute Gasteiger partial charge is 0.261 e. The van der Waals surface area contributed by atoms with Crippen molar-refractivity contribution in [1.82, 2.24) is 19.7 Å². The molecule has 138 valence electrons. The molecule has 5 rings (SSSR count). The lowest BCUT2D eigenvalue weighted by Crippen LogP contribution is -2.31. The van der Waals surface area contributed by atoms with Crippen LogP contribution in [0.5, 0.6) is 0 Å². The van der Waals surface area contributed by atoms with Crippen LogP contribution in [0.1, 0.15) is 36.0 Å². The van der Waals surface area contributed by atoms with E-state index in [9.17, 15) is 4.79 Å². The average molecular weight is 363 g/mol. The number of hydrogen-bond acceptors (Lipinski definition) is 6. The summed E-state index contributed by atoms with van der Waals surface area (Å²) in [4.78, 5) is 19.9. The molecule has 27 heavy (non-hydrogen) atoms. The molecule has 1 unspecified atom stereocenters. The molecule has 0 aliphatic carbocycles. The summed E-state index contributed by atoms with van der Waals surface area (Å²) in [7, 11) is 1.81. The number of para-hydroxylation sites is 1. The van der Waals surface area contributed by atoms with Gasteiger partial charge in [-0.25, -0.2) is 4.98 Å². The van der Waals surface area contributed by atoms with E-state index in [0.717, 1.165) is 54.2 Å². The van der Waals surface area contributed by atoms with Gasteiger partial charge in [-0.1, -0.05) is 12.1 Å². The molecule has 7 heteroatoms. The van der Waals surface area contributed by atoms with Crippen LogP contribution in [-0.4, -0.2) is 32.9 Å². The van der Waals surface area contributed by atoms with Crippen molar-refractivity contribution < 1.29 is 4.74 Å². The molecule has 3 aromatic rings. The van der Waals surface area contributed by atoms with Crippen molar-refractivity contribution in [2.24, 2.45) is 7.05 Å². The quantitative estimate of drug-likeness (QED) is 0.695. The molecule has 0 radical (unpaired) electrons. The van der Waals surface area contributed by atoms with Crippen LogP contribution in [0.25, 0.3) is 10.9 Å². The van der Waals surface area contributed by atoms with Crippen LogP contribution in [0, 0.1) is 0 Å². The SMILES string of the molecule is Cn1c(C2CCCN2c2cc3c(nn2)CCOC3)nc2ccccc2c1=O. The molecule has 1 atom stereocenters. The van der Waals surface area contributed by atoms with Gasteiger partial charge in [0.2, 0.25) is 0 Å². The van der Waals surface area contributed by atoms with Gasteiger partial charge in [0.25, 0.3) is 5.56 Å². The highest BCUT2D eigenvalue weighted by Crippen LogP contribution is 2.35. The first-order chi connectivity index (χ1) is 13.2. The molecule has 2 aliphatic rings. The molecule has 4 heterocycles. The second-order valence-corrected chi connectivity index (χ2v) is 7.18. The molecule has 7 nitrogen and oxygen atoms in total. The Bertz CT molecular complexity index is 1080. The van der Waals surface area contributed by atoms with Crippen LogP contribution in [0.4, 0.5) is 5.82 Å². The van der Waals surface area contributed by atoms with Crippen molar-refractivity contribution in [2.45, 2.75) is 31.9 Å². The average Bonchev–Trinajstić information content (AvgIpc) is 3.20. The van der Waals surface area contributed by atoms with Crippen molar-refractivity contribution in [3.05, 3.63) is 57.8 Å². The van der Waals surface area contributed by atoms with Crippen LogP contribution < -0.4 is 10.5 Å². The molecule has 0 N–H and O–H groups in total. The number of nitrogens with zero attached hydrogens (tertiary/aromatic N) is 5. The Balaban J connectivity index is 1.58. The van der Waals surface area contributed by atoms with E-state index in [2.05, 4.69) is 21.2 Å². The monoisotopic (exact) mass is 363 g/mol. The van der Waals surface area contributed by atoms with Crippen molar-refractivity contribution in [3.8, 4) is 0 Å². The molecule has 2 aliphatic heterocycles. The first kappa shape index (κ1) is 16.4. The number of rotatable bonds is 2. The van der Waals surface area contributed by atoms with Gasteiger partial charge in [-0.3, -0.25) is 9.36 Å². The number of hydrogen-bond donors (Lipinski definition) is 0. The fraction of sp³-hybridized carbons (Fsp3) is 0.400. The van der Waals surface area contributed by atoms with E-state index in [-0.39, 0.29) is 11.6 Å². The lowest BCUT2D eigenvalue weighted by Gasteiger charge is -2.27. The summed E-state index contributed by atoms with van der Waals surface area (Å²) in [5.74, 6) is 1.62. The van der Waals surface area contributed by atoms with Crippen molar-refractivity contribution in [3.63, 3.8) is 0 Å². The lowest BCUT2D eigenvalue weighted by molar-refractivity contribution is 0.109. The summed E-state index contributed by atoms with van der Waals surface area (Å²) in [5.41, 5.74) is 2.87. The topological polar surface area (TPSA) is 73.1 Å². The van der Waals surface area contributed by atoms with E-state index in [1.807, 2.05) is 24.3 Å². The summed E-state index contributed by atoms with van der Waals surface area (Å²) >= 11 is 0. The Hall–Kier alpha value is -2.80. The molecule has 0 amide bonds. The lowest BCUT2D eigenvalue weighted by atomic mass is 10.1. The van der Waals surface area contributed by atoms with Gasteiger partial charge in [-0.05, 0) is 31.0 Å². The van der Waals surface area contributed by atoms with E-state index in [1.54, 1.807) is 11.6 Å². The van der Waals surface area contributed by atoms with Crippen molar-refractivity contribution in [1.29, 1.82) is 0 Å². The second kappa shape index (κ2) is 6.42. The van der Waals surface area contributed by atoms with E-state index >= 15 is 0 Å². The van der Waals surface area contributed by atoms with E-state index < -0.39 is 0 Å². The van der Waals surface area contributed by atoms with Gasteiger partial charge in [0.15, 0.2) is 5.82 Å². The molecule has 2 aromatic heterocycles. The predicted octanol–water partition coefficient (Wildman–Crippen LogP) is 2.14. The Morgan fingerprint density at radius 2 is 2.11 bits per heavy atom. The van der Waals surface area contributed by atoms with Gasteiger partial charge < -0.3 is 9.64 Å². The normalized spacial score (nSPS) is 19.4. The maximum Gasteiger partial charge on any atom is 0.261 e. The number of anilines is 1. The van der Waals surface area contributed by atoms with E-state index in [1.165, 1.54) is 0 Å². The van der Waals surface area contributed by atoms with Crippen molar-refractivity contribution >= 4 is 16.7 Å². The first-order valence-corrected chi connectivity index (χ1v) is 9.38. The second-order valence-electron chi connectivity index (χ2n) is 7.18. The molecule has 0 saturated carbocycles. The number of fused-ring (bicyclic) bond motifs is 2. The first-order valence-electron chi connectivity index (χ1n) is 9.38. The highest BCUT2D eigenvalue weighted by molar-refractivity contribution is 5.77. The van der Waals surface area contributed by atoms with Crippen LogP contribution >= 0.6 is 0 Å². The Morgan fingerprint density at radius 3 is 3.04 bits per heavy atom. The maximum absolute atomic E-state index is 12.8. The molecule has 1 fully saturated rings. The minimum atomic E-state index is -0.00706. The predicted molar refractivity (Wildman–Crippen MR) is 102 cm³/mol. The van der Waals surface area contributed by atoms with E-state index in [0.29, 0.717) is 18.6 Å². The van der Waals surface area contributed by atoms with Gasteiger partial charge in [-0.15, -0.1) is 5.10 Å². The zero-order valence-electron chi connectivity index (χ0n) is 15.3. The number of benzene rings is 1. The van der Waals surface area contributed by atoms with Crippen LogP contribution in [0.2, 0.25) is 0 Å². The molecule has 0 bridgehead atoms. The number of aromatic nitrogens is 4. The minimum absolute atomic E-state index is 0.00706. The fourth-order valence-electron chi connectivity index (χ4n) is 4.11. The summed E-state index contributed by atoms with van der Waals surface area (Å²) in [6.07, 6.45) is 2.78. The summed E-state index contributed by atoms with van der Waals surface area (Å²) in [5, 5.41) is 9.54. The van der Waals surface area contributed by atoms with Crippen LogP contribution in [-0.2, 0) is 24.8 Å². The fourth-order valence-corrected chi connectivity index (χ4v) is 4.11. The third-order valence-electron chi connectivity index (χ3n) is 5.55. The molecule has 1 saturated heterocycles. The molecular weight excluding hydrogens is 342 g/mol. The van der Waals surface area contributed by atoms with Gasteiger partial charge in [-0.2, -0.15) is 5.10 Å². The zero-order valence-corrected chi connectivity index (χ0v) is 15.3. The summed E-state index contributed by atoms with van der Waals surface area (Å²) in [6.45, 7) is 2.17. The molecular formula is C20H21N5O2. The summed E-state index contributed by atoms with van der Waals surface area (Å²) in [6, 6.07) is 9.62. The van der Waals surface area contributed by atoms with Gasteiger partial charge in [0.1, 0.15) is 5.82 Å². The summed E-state index contributed by atoms with van der Waals surface area (Å²) < 4.78 is 7.24. The number of ether oxygens (including phenoxy) is 1.